The minimum atomic E-state index is -0.678. The molecule has 1 aromatic heterocycles. The lowest BCUT2D eigenvalue weighted by Gasteiger charge is -2.13. The Labute approximate surface area is 146 Å². The molecule has 128 valence electrons. The molecule has 25 heavy (non-hydrogen) atoms. The van der Waals surface area contributed by atoms with Crippen LogP contribution in [0.2, 0.25) is 0 Å². The highest BCUT2D eigenvalue weighted by atomic mass is 32.2. The number of hydrogen-bond donors (Lipinski definition) is 0. The Morgan fingerprint density at radius 3 is 2.56 bits per heavy atom. The molecular weight excluding hydrogens is 348 g/mol. The summed E-state index contributed by atoms with van der Waals surface area (Å²) in [6.07, 6.45) is 1.31. The van der Waals surface area contributed by atoms with Crippen molar-refractivity contribution in [1.82, 2.24) is 0 Å². The van der Waals surface area contributed by atoms with Gasteiger partial charge in [-0.3, -0.25) is 19.7 Å². The molecule has 2 aromatic rings. The largest absolute Gasteiger partial charge is 0.494 e. The summed E-state index contributed by atoms with van der Waals surface area (Å²) in [6.45, 7) is 2.37. The molecule has 3 rings (SSSR count). The Kier molecular flexibility index (Phi) is 4.57. The number of carbonyl (C=O) groups excluding carboxylic acids is 2. The van der Waals surface area contributed by atoms with Crippen molar-refractivity contribution >= 4 is 40.6 Å². The quantitative estimate of drug-likeness (QED) is 0.453. The molecule has 0 radical (unpaired) electrons. The summed E-state index contributed by atoms with van der Waals surface area (Å²) >= 11 is 0.741. The fraction of sp³-hybridized carbons (Fsp3) is 0.125. The minimum Gasteiger partial charge on any atom is -0.494 e. The second kappa shape index (κ2) is 6.81. The number of carbonyl (C=O) groups is 2. The second-order valence-electron chi connectivity index (χ2n) is 4.88. The molecule has 1 saturated heterocycles. The molecule has 9 heteroatoms. The zero-order valence-corrected chi connectivity index (χ0v) is 13.8. The van der Waals surface area contributed by atoms with Crippen LogP contribution in [0.25, 0.3) is 6.08 Å². The van der Waals surface area contributed by atoms with E-state index in [-0.39, 0.29) is 10.7 Å². The first kappa shape index (κ1) is 16.8. The van der Waals surface area contributed by atoms with Gasteiger partial charge in [-0.1, -0.05) is 0 Å². The van der Waals surface area contributed by atoms with E-state index in [2.05, 4.69) is 0 Å². The van der Waals surface area contributed by atoms with Crippen LogP contribution in [0.15, 0.2) is 45.7 Å². The van der Waals surface area contributed by atoms with Crippen molar-refractivity contribution in [3.8, 4) is 5.75 Å². The van der Waals surface area contributed by atoms with Gasteiger partial charge in [0.2, 0.25) is 0 Å². The Morgan fingerprint density at radius 2 is 1.96 bits per heavy atom. The van der Waals surface area contributed by atoms with E-state index in [4.69, 9.17) is 9.15 Å². The molecule has 2 amide bonds. The van der Waals surface area contributed by atoms with E-state index in [1.165, 1.54) is 18.2 Å². The summed E-state index contributed by atoms with van der Waals surface area (Å²) in [4.78, 5) is 35.8. The molecule has 0 N–H and O–H groups in total. The zero-order chi connectivity index (χ0) is 18.0. The summed E-state index contributed by atoms with van der Waals surface area (Å²) in [6, 6.07) is 9.11. The maximum Gasteiger partial charge on any atom is 0.433 e. The summed E-state index contributed by atoms with van der Waals surface area (Å²) in [5, 5.41) is 10.2. The van der Waals surface area contributed by atoms with Crippen molar-refractivity contribution in [3.63, 3.8) is 0 Å². The van der Waals surface area contributed by atoms with Gasteiger partial charge in [-0.25, -0.2) is 4.90 Å². The normalized spacial score (nSPS) is 15.9. The molecule has 1 aliphatic rings. The van der Waals surface area contributed by atoms with Crippen molar-refractivity contribution < 1.29 is 23.7 Å². The second-order valence-corrected chi connectivity index (χ2v) is 5.87. The fourth-order valence-electron chi connectivity index (χ4n) is 2.20. The molecular formula is C16H12N2O6S. The molecule has 0 saturated carbocycles. The minimum absolute atomic E-state index is 0.128. The van der Waals surface area contributed by atoms with Crippen LogP contribution in [-0.2, 0) is 4.79 Å². The zero-order valence-electron chi connectivity index (χ0n) is 13.0. The van der Waals surface area contributed by atoms with Gasteiger partial charge >= 0.3 is 5.88 Å². The van der Waals surface area contributed by atoms with Crippen LogP contribution in [0.4, 0.5) is 16.4 Å². The number of imide groups is 1. The van der Waals surface area contributed by atoms with Gasteiger partial charge in [0.15, 0.2) is 0 Å². The number of furan rings is 1. The molecule has 0 aliphatic carbocycles. The number of ether oxygens (including phenoxy) is 1. The first-order valence-electron chi connectivity index (χ1n) is 7.24. The molecule has 1 aromatic carbocycles. The first-order chi connectivity index (χ1) is 12.0. The van der Waals surface area contributed by atoms with Gasteiger partial charge in [0.25, 0.3) is 11.1 Å². The van der Waals surface area contributed by atoms with E-state index in [9.17, 15) is 19.7 Å². The third-order valence-corrected chi connectivity index (χ3v) is 4.14. The average molecular weight is 360 g/mol. The molecule has 8 nitrogen and oxygen atoms in total. The number of hydrogen-bond acceptors (Lipinski definition) is 7. The van der Waals surface area contributed by atoms with Crippen LogP contribution in [0.5, 0.6) is 5.75 Å². The highest BCUT2D eigenvalue weighted by Gasteiger charge is 2.36. The van der Waals surface area contributed by atoms with Gasteiger partial charge in [-0.2, -0.15) is 0 Å². The number of nitro groups is 1. The maximum absolute atomic E-state index is 12.5. The topological polar surface area (TPSA) is 103 Å². The van der Waals surface area contributed by atoms with E-state index in [0.29, 0.717) is 18.0 Å². The van der Waals surface area contributed by atoms with Gasteiger partial charge in [-0.05, 0) is 49.0 Å². The van der Waals surface area contributed by atoms with Crippen LogP contribution in [-0.4, -0.2) is 22.7 Å². The molecule has 0 unspecified atom stereocenters. The Morgan fingerprint density at radius 1 is 1.24 bits per heavy atom. The highest BCUT2D eigenvalue weighted by Crippen LogP contribution is 2.36. The number of anilines is 1. The average Bonchev–Trinajstić information content (AvgIpc) is 3.15. The number of rotatable bonds is 5. The van der Waals surface area contributed by atoms with Gasteiger partial charge < -0.3 is 9.15 Å². The number of amides is 2. The van der Waals surface area contributed by atoms with Gasteiger partial charge in [0.05, 0.1) is 23.3 Å². The van der Waals surface area contributed by atoms with Crippen LogP contribution in [0.3, 0.4) is 0 Å². The lowest BCUT2D eigenvalue weighted by atomic mass is 10.2. The van der Waals surface area contributed by atoms with Gasteiger partial charge in [-0.15, -0.1) is 0 Å². The summed E-state index contributed by atoms with van der Waals surface area (Å²) < 4.78 is 10.3. The van der Waals surface area contributed by atoms with Crippen molar-refractivity contribution in [1.29, 1.82) is 0 Å². The third-order valence-electron chi connectivity index (χ3n) is 3.27. The van der Waals surface area contributed by atoms with Crippen molar-refractivity contribution in [2.24, 2.45) is 0 Å². The Balaban J connectivity index is 1.84. The van der Waals surface area contributed by atoms with Crippen LogP contribution in [0.1, 0.15) is 12.7 Å². The van der Waals surface area contributed by atoms with Crippen LogP contribution in [0, 0.1) is 10.1 Å². The molecule has 0 bridgehead atoms. The number of benzene rings is 1. The van der Waals surface area contributed by atoms with Crippen molar-refractivity contribution in [2.45, 2.75) is 6.92 Å². The SMILES string of the molecule is CCOc1ccc(N2C(=O)S/C(=C\c3ccc([N+](=O)[O-])o3)C2=O)cc1. The Bertz CT molecular complexity index is 871. The van der Waals surface area contributed by atoms with Crippen LogP contribution >= 0.6 is 11.8 Å². The predicted molar refractivity (Wildman–Crippen MR) is 91.4 cm³/mol. The third kappa shape index (κ3) is 3.41. The molecule has 1 aliphatic heterocycles. The number of nitrogens with zero attached hydrogens (tertiary/aromatic N) is 2. The first-order valence-corrected chi connectivity index (χ1v) is 8.06. The van der Waals surface area contributed by atoms with E-state index in [1.54, 1.807) is 24.3 Å². The highest BCUT2D eigenvalue weighted by molar-refractivity contribution is 8.19. The maximum atomic E-state index is 12.5. The van der Waals surface area contributed by atoms with Gasteiger partial charge in [0, 0.05) is 6.08 Å². The lowest BCUT2D eigenvalue weighted by molar-refractivity contribution is -0.402. The van der Waals surface area contributed by atoms with E-state index in [0.717, 1.165) is 16.7 Å². The van der Waals surface area contributed by atoms with Crippen molar-refractivity contribution in [3.05, 3.63) is 57.2 Å². The predicted octanol–water partition coefficient (Wildman–Crippen LogP) is 3.83. The summed E-state index contributed by atoms with van der Waals surface area (Å²) in [5.74, 6) is -0.184. The lowest BCUT2D eigenvalue weighted by Crippen LogP contribution is -2.27. The molecule has 0 spiro atoms. The Hall–Kier alpha value is -3.07. The molecule has 0 atom stereocenters. The van der Waals surface area contributed by atoms with E-state index in [1.807, 2.05) is 6.92 Å². The van der Waals surface area contributed by atoms with E-state index >= 15 is 0 Å². The molecule has 2 heterocycles. The van der Waals surface area contributed by atoms with Gasteiger partial charge in [0.1, 0.15) is 16.4 Å². The summed E-state index contributed by atoms with van der Waals surface area (Å²) in [7, 11) is 0. The smallest absolute Gasteiger partial charge is 0.433 e. The summed E-state index contributed by atoms with van der Waals surface area (Å²) in [5.41, 5.74) is 0.416. The van der Waals surface area contributed by atoms with Crippen molar-refractivity contribution in [2.75, 3.05) is 11.5 Å². The number of thioether (sulfide) groups is 1. The molecule has 1 fully saturated rings. The fourth-order valence-corrected chi connectivity index (χ4v) is 3.02. The van der Waals surface area contributed by atoms with E-state index < -0.39 is 22.0 Å². The monoisotopic (exact) mass is 360 g/mol. The standard InChI is InChI=1S/C16H12N2O6S/c1-2-23-11-5-3-10(4-6-11)17-15(19)13(25-16(17)20)9-12-7-8-14(24-12)18(21)22/h3-9H,2H2,1H3/b13-9-. The van der Waals surface area contributed by atoms with Crippen LogP contribution < -0.4 is 9.64 Å².